The summed E-state index contributed by atoms with van der Waals surface area (Å²) in [5, 5.41) is 12.7. The van der Waals surface area contributed by atoms with Gasteiger partial charge in [-0.25, -0.2) is 23.7 Å². The van der Waals surface area contributed by atoms with Crippen molar-refractivity contribution in [2.45, 2.75) is 6.54 Å². The molecule has 3 aromatic heterocycles. The maximum atomic E-state index is 13.8. The minimum absolute atomic E-state index is 0.141. The Morgan fingerprint density at radius 3 is 2.50 bits per heavy atom. The lowest BCUT2D eigenvalue weighted by Crippen LogP contribution is -2.44. The van der Waals surface area contributed by atoms with Crippen molar-refractivity contribution in [3.63, 3.8) is 0 Å². The molecule has 3 heterocycles. The van der Waals surface area contributed by atoms with E-state index in [4.69, 9.17) is 23.2 Å². The quantitative estimate of drug-likeness (QED) is 0.380. The number of halogens is 3. The van der Waals surface area contributed by atoms with Crippen LogP contribution in [-0.4, -0.2) is 14.4 Å². The number of benzene rings is 1. The number of nitrogens with zero attached hydrogens (tertiary/aromatic N) is 4. The van der Waals surface area contributed by atoms with Crippen LogP contribution in [0.15, 0.2) is 60.0 Å². The van der Waals surface area contributed by atoms with Gasteiger partial charge in [-0.2, -0.15) is 4.40 Å². The number of hydrogen-bond acceptors (Lipinski definition) is 4. The summed E-state index contributed by atoms with van der Waals surface area (Å²) < 4.78 is 16.6. The van der Waals surface area contributed by atoms with E-state index in [0.717, 1.165) is 0 Å². The van der Waals surface area contributed by atoms with Crippen molar-refractivity contribution < 1.29 is 14.1 Å². The molecule has 0 fully saturated rings. The third kappa shape index (κ3) is 3.08. The van der Waals surface area contributed by atoms with E-state index in [1.807, 2.05) is 0 Å². The molecule has 0 bridgehead atoms. The molecule has 4 rings (SSSR count). The summed E-state index contributed by atoms with van der Waals surface area (Å²) in [6.07, 6.45) is 6.09. The maximum absolute atomic E-state index is 13.8. The second kappa shape index (κ2) is 7.18. The maximum Gasteiger partial charge on any atom is 0.349 e. The van der Waals surface area contributed by atoms with E-state index in [9.17, 15) is 14.3 Å². The van der Waals surface area contributed by atoms with Crippen molar-refractivity contribution in [2.75, 3.05) is 0 Å². The summed E-state index contributed by atoms with van der Waals surface area (Å²) in [5.74, 6) is -1.37. The molecule has 140 valence electrons. The lowest BCUT2D eigenvalue weighted by molar-refractivity contribution is -0.708. The average Bonchev–Trinajstić information content (AvgIpc) is 2.70. The van der Waals surface area contributed by atoms with E-state index in [1.165, 1.54) is 27.4 Å². The van der Waals surface area contributed by atoms with E-state index in [-0.39, 0.29) is 27.7 Å². The summed E-state index contributed by atoms with van der Waals surface area (Å²) in [6, 6.07) is 7.47. The van der Waals surface area contributed by atoms with Gasteiger partial charge in [0.05, 0.1) is 22.1 Å². The number of rotatable bonds is 3. The highest BCUT2D eigenvalue weighted by molar-refractivity contribution is 6.35. The van der Waals surface area contributed by atoms with Crippen LogP contribution < -0.4 is 15.2 Å². The van der Waals surface area contributed by atoms with Crippen molar-refractivity contribution in [1.82, 2.24) is 14.4 Å². The standard InChI is InChI=1S/C19H11Cl2FN4O2/c20-13-5-12(6-14(21)17(13)22)16-18(27)25-4-2-1-3-15(25)26(19(16)28)9-11-7-23-10-24-8-11/h1-8,10H,9H2. The SMILES string of the molecule is O=c1c(-c2cc(Cl)c(F)c(Cl)c2)c([O-])[n+](Cc2cncnc2)c2ccccn12. The Kier molecular flexibility index (Phi) is 4.70. The van der Waals surface area contributed by atoms with Crippen LogP contribution in [0.25, 0.3) is 16.8 Å². The van der Waals surface area contributed by atoms with Gasteiger partial charge in [0.2, 0.25) is 0 Å². The van der Waals surface area contributed by atoms with E-state index in [2.05, 4.69) is 9.97 Å². The van der Waals surface area contributed by atoms with Crippen LogP contribution in [-0.2, 0) is 6.54 Å². The normalized spacial score (nSPS) is 11.1. The number of pyridine rings is 1. The first-order chi connectivity index (χ1) is 13.5. The van der Waals surface area contributed by atoms with Crippen LogP contribution in [0.5, 0.6) is 5.88 Å². The number of fused-ring (bicyclic) bond motifs is 1. The molecule has 0 atom stereocenters. The fourth-order valence-corrected chi connectivity index (χ4v) is 3.46. The second-order valence-electron chi connectivity index (χ2n) is 6.00. The van der Waals surface area contributed by atoms with E-state index >= 15 is 0 Å². The largest absolute Gasteiger partial charge is 0.842 e. The van der Waals surface area contributed by atoms with Gasteiger partial charge in [-0.1, -0.05) is 29.3 Å². The Morgan fingerprint density at radius 1 is 1.14 bits per heavy atom. The molecular weight excluding hydrogens is 406 g/mol. The van der Waals surface area contributed by atoms with Crippen LogP contribution in [0, 0.1) is 5.82 Å². The topological polar surface area (TPSA) is 74.2 Å². The first-order valence-electron chi connectivity index (χ1n) is 8.10. The monoisotopic (exact) mass is 416 g/mol. The molecule has 4 aromatic rings. The van der Waals surface area contributed by atoms with E-state index < -0.39 is 17.3 Å². The predicted molar refractivity (Wildman–Crippen MR) is 99.9 cm³/mol. The van der Waals surface area contributed by atoms with Crippen LogP contribution in [0.3, 0.4) is 0 Å². The molecule has 0 unspecified atom stereocenters. The van der Waals surface area contributed by atoms with Crippen LogP contribution in [0.2, 0.25) is 10.0 Å². The zero-order valence-electron chi connectivity index (χ0n) is 14.1. The third-order valence-electron chi connectivity index (χ3n) is 4.23. The number of hydrogen-bond donors (Lipinski definition) is 0. The fourth-order valence-electron chi connectivity index (χ4n) is 2.97. The highest BCUT2D eigenvalue weighted by Gasteiger charge is 2.21. The zero-order chi connectivity index (χ0) is 19.8. The summed E-state index contributed by atoms with van der Waals surface area (Å²) in [7, 11) is 0. The Hall–Kier alpha value is -3.03. The Morgan fingerprint density at radius 2 is 1.82 bits per heavy atom. The molecular formula is C19H11Cl2FN4O2. The molecule has 6 nitrogen and oxygen atoms in total. The molecule has 0 spiro atoms. The van der Waals surface area contributed by atoms with Gasteiger partial charge in [-0.3, -0.25) is 0 Å². The Balaban J connectivity index is 2.04. The smallest absolute Gasteiger partial charge is 0.349 e. The number of aromatic nitrogens is 4. The first kappa shape index (κ1) is 18.3. The lowest BCUT2D eigenvalue weighted by Gasteiger charge is -2.17. The predicted octanol–water partition coefficient (Wildman–Crippen LogP) is 2.61. The highest BCUT2D eigenvalue weighted by atomic mass is 35.5. The Bertz CT molecular complexity index is 1240. The molecule has 9 heteroatoms. The summed E-state index contributed by atoms with van der Waals surface area (Å²) in [4.78, 5) is 20.9. The summed E-state index contributed by atoms with van der Waals surface area (Å²) >= 11 is 11.7. The summed E-state index contributed by atoms with van der Waals surface area (Å²) in [6.45, 7) is 0.142. The molecule has 0 amide bonds. The molecule has 0 aliphatic heterocycles. The van der Waals surface area contributed by atoms with Gasteiger partial charge in [-0.05, 0) is 23.8 Å². The van der Waals surface area contributed by atoms with Crippen LogP contribution >= 0.6 is 23.2 Å². The van der Waals surface area contributed by atoms with Gasteiger partial charge in [0.15, 0.2) is 5.82 Å². The van der Waals surface area contributed by atoms with Crippen molar-refractivity contribution in [3.8, 4) is 17.0 Å². The minimum atomic E-state index is -0.810. The van der Waals surface area contributed by atoms with Gasteiger partial charge in [0.25, 0.3) is 5.65 Å². The lowest BCUT2D eigenvalue weighted by atomic mass is 10.1. The molecule has 0 N–H and O–H groups in total. The molecule has 0 aliphatic rings. The molecule has 1 aromatic carbocycles. The fraction of sp³-hybridized carbons (Fsp3) is 0.0526. The Labute approximate surface area is 168 Å². The van der Waals surface area contributed by atoms with Crippen molar-refractivity contribution >= 4 is 28.8 Å². The molecule has 0 saturated carbocycles. The van der Waals surface area contributed by atoms with E-state index in [0.29, 0.717) is 11.2 Å². The minimum Gasteiger partial charge on any atom is -0.842 e. The third-order valence-corrected chi connectivity index (χ3v) is 4.78. The van der Waals surface area contributed by atoms with Crippen molar-refractivity contribution in [2.24, 2.45) is 0 Å². The molecule has 0 saturated heterocycles. The van der Waals surface area contributed by atoms with Gasteiger partial charge in [-0.15, -0.1) is 0 Å². The highest BCUT2D eigenvalue weighted by Crippen LogP contribution is 2.31. The van der Waals surface area contributed by atoms with Gasteiger partial charge in [0, 0.05) is 24.0 Å². The summed E-state index contributed by atoms with van der Waals surface area (Å²) in [5.41, 5.74) is 0.492. The van der Waals surface area contributed by atoms with Gasteiger partial charge < -0.3 is 5.11 Å². The van der Waals surface area contributed by atoms with Crippen LogP contribution in [0.1, 0.15) is 5.56 Å². The molecule has 0 aliphatic carbocycles. The molecule has 28 heavy (non-hydrogen) atoms. The second-order valence-corrected chi connectivity index (χ2v) is 6.82. The van der Waals surface area contributed by atoms with E-state index in [1.54, 1.807) is 36.8 Å². The van der Waals surface area contributed by atoms with Gasteiger partial charge >= 0.3 is 5.56 Å². The van der Waals surface area contributed by atoms with Crippen molar-refractivity contribution in [1.29, 1.82) is 0 Å². The van der Waals surface area contributed by atoms with Crippen molar-refractivity contribution in [3.05, 3.63) is 87.0 Å². The average molecular weight is 417 g/mol. The first-order valence-corrected chi connectivity index (χ1v) is 8.86. The van der Waals surface area contributed by atoms with Gasteiger partial charge in [0.1, 0.15) is 18.4 Å². The van der Waals surface area contributed by atoms with Crippen LogP contribution in [0.4, 0.5) is 4.39 Å². The molecule has 0 radical (unpaired) electrons. The zero-order valence-corrected chi connectivity index (χ0v) is 15.7.